The highest BCUT2D eigenvalue weighted by molar-refractivity contribution is 9.10. The minimum atomic E-state index is -0.216. The average Bonchev–Trinajstić information content (AvgIpc) is 3.07. The van der Waals surface area contributed by atoms with Gasteiger partial charge >= 0.3 is 0 Å². The molecule has 0 fully saturated rings. The minimum Gasteiger partial charge on any atom is -0.349 e. The second-order valence-electron chi connectivity index (χ2n) is 6.85. The number of halogens is 2. The lowest BCUT2D eigenvalue weighted by Crippen LogP contribution is -2.27. The maximum atomic E-state index is 13.4. The van der Waals surface area contributed by atoms with Crippen molar-refractivity contribution in [3.8, 4) is 0 Å². The van der Waals surface area contributed by atoms with Crippen LogP contribution in [0.5, 0.6) is 0 Å². The molecule has 2 heterocycles. The van der Waals surface area contributed by atoms with E-state index < -0.39 is 0 Å². The van der Waals surface area contributed by atoms with Gasteiger partial charge in [0.05, 0.1) is 23.1 Å². The third-order valence-electron chi connectivity index (χ3n) is 5.20. The second kappa shape index (κ2) is 6.50. The van der Waals surface area contributed by atoms with Crippen LogP contribution in [0.3, 0.4) is 0 Å². The van der Waals surface area contributed by atoms with Crippen molar-refractivity contribution >= 4 is 32.9 Å². The molecule has 5 rings (SSSR count). The molecular weight excluding hydrogens is 405 g/mol. The van der Waals surface area contributed by atoms with Gasteiger partial charge in [-0.3, -0.25) is 0 Å². The van der Waals surface area contributed by atoms with Crippen LogP contribution < -0.4 is 5.32 Å². The summed E-state index contributed by atoms with van der Waals surface area (Å²) in [7, 11) is 0. The number of fused-ring (bicyclic) bond motifs is 3. The number of nitrogens with one attached hydrogen (secondary N) is 1. The lowest BCUT2D eigenvalue weighted by Gasteiger charge is -2.33. The number of hydrogen-bond donors (Lipinski definition) is 1. The Morgan fingerprint density at radius 3 is 2.41 bits per heavy atom. The van der Waals surface area contributed by atoms with E-state index in [1.54, 1.807) is 0 Å². The Morgan fingerprint density at radius 2 is 1.63 bits per heavy atom. The van der Waals surface area contributed by atoms with E-state index in [1.807, 2.05) is 30.3 Å². The summed E-state index contributed by atoms with van der Waals surface area (Å²) in [5, 5.41) is 3.55. The standard InChI is InChI=1S/C22H17BrFN3/c23-16-9-5-15(6-10-16)21-13-19(14-7-11-17(24)12-8-14)26-22-25-18-3-1-2-4-20(18)27(21)22/h1-12,19,21H,13H2,(H,25,26)/t19-,21+/m0/s1. The summed E-state index contributed by atoms with van der Waals surface area (Å²) in [6.45, 7) is 0. The van der Waals surface area contributed by atoms with Crippen molar-refractivity contribution in [2.75, 3.05) is 5.32 Å². The van der Waals surface area contributed by atoms with Crippen LogP contribution in [0.1, 0.15) is 29.6 Å². The highest BCUT2D eigenvalue weighted by atomic mass is 79.9. The Morgan fingerprint density at radius 1 is 0.926 bits per heavy atom. The molecule has 27 heavy (non-hydrogen) atoms. The monoisotopic (exact) mass is 421 g/mol. The molecule has 4 aromatic rings. The van der Waals surface area contributed by atoms with Crippen LogP contribution >= 0.6 is 15.9 Å². The topological polar surface area (TPSA) is 29.9 Å². The summed E-state index contributed by atoms with van der Waals surface area (Å²) in [5.74, 6) is 0.635. The smallest absolute Gasteiger partial charge is 0.204 e. The van der Waals surface area contributed by atoms with Gasteiger partial charge in [0, 0.05) is 4.47 Å². The van der Waals surface area contributed by atoms with Gasteiger partial charge in [-0.2, -0.15) is 0 Å². The molecule has 1 aromatic heterocycles. The van der Waals surface area contributed by atoms with Crippen molar-refractivity contribution < 1.29 is 4.39 Å². The number of para-hydroxylation sites is 2. The molecule has 1 N–H and O–H groups in total. The van der Waals surface area contributed by atoms with Gasteiger partial charge in [0.2, 0.25) is 5.95 Å². The Labute approximate surface area is 165 Å². The van der Waals surface area contributed by atoms with Gasteiger partial charge in [0.15, 0.2) is 0 Å². The molecule has 5 heteroatoms. The Bertz CT molecular complexity index is 1100. The third-order valence-corrected chi connectivity index (χ3v) is 5.73. The molecule has 3 aromatic carbocycles. The van der Waals surface area contributed by atoms with Gasteiger partial charge in [0.1, 0.15) is 5.82 Å². The molecule has 0 spiro atoms. The van der Waals surface area contributed by atoms with Crippen molar-refractivity contribution in [3.05, 3.63) is 94.2 Å². The first kappa shape index (κ1) is 16.5. The molecule has 2 atom stereocenters. The molecule has 0 amide bonds. The average molecular weight is 422 g/mol. The maximum Gasteiger partial charge on any atom is 0.204 e. The van der Waals surface area contributed by atoms with Gasteiger partial charge in [-0.15, -0.1) is 0 Å². The van der Waals surface area contributed by atoms with Gasteiger partial charge < -0.3 is 9.88 Å². The van der Waals surface area contributed by atoms with E-state index in [0.29, 0.717) is 0 Å². The summed E-state index contributed by atoms with van der Waals surface area (Å²) in [4.78, 5) is 4.81. The van der Waals surface area contributed by atoms with Crippen molar-refractivity contribution in [2.24, 2.45) is 0 Å². The number of imidazole rings is 1. The first-order valence-corrected chi connectivity index (χ1v) is 9.73. The van der Waals surface area contributed by atoms with Crippen molar-refractivity contribution in [1.82, 2.24) is 9.55 Å². The van der Waals surface area contributed by atoms with Crippen LogP contribution in [0.4, 0.5) is 10.3 Å². The van der Waals surface area contributed by atoms with E-state index in [2.05, 4.69) is 56.1 Å². The number of anilines is 1. The summed E-state index contributed by atoms with van der Waals surface area (Å²) >= 11 is 3.52. The lowest BCUT2D eigenvalue weighted by atomic mass is 9.93. The fourth-order valence-electron chi connectivity index (χ4n) is 3.89. The van der Waals surface area contributed by atoms with E-state index in [4.69, 9.17) is 4.98 Å². The number of hydrogen-bond acceptors (Lipinski definition) is 2. The number of aromatic nitrogens is 2. The summed E-state index contributed by atoms with van der Waals surface area (Å²) in [6.07, 6.45) is 0.862. The Kier molecular flexibility index (Phi) is 3.97. The largest absolute Gasteiger partial charge is 0.349 e. The van der Waals surface area contributed by atoms with Crippen LogP contribution in [0.15, 0.2) is 77.3 Å². The van der Waals surface area contributed by atoms with Crippen molar-refractivity contribution in [1.29, 1.82) is 0 Å². The third kappa shape index (κ3) is 2.92. The molecule has 1 aliphatic rings. The van der Waals surface area contributed by atoms with Gasteiger partial charge in [-0.25, -0.2) is 9.37 Å². The molecule has 0 aliphatic carbocycles. The van der Waals surface area contributed by atoms with Crippen LogP contribution in [0, 0.1) is 5.82 Å². The molecule has 0 saturated heterocycles. The molecule has 0 saturated carbocycles. The zero-order valence-electron chi connectivity index (χ0n) is 14.4. The highest BCUT2D eigenvalue weighted by Crippen LogP contribution is 2.41. The van der Waals surface area contributed by atoms with Gasteiger partial charge in [0.25, 0.3) is 0 Å². The van der Waals surface area contributed by atoms with Crippen LogP contribution in [-0.2, 0) is 0 Å². The van der Waals surface area contributed by atoms with Crippen molar-refractivity contribution in [3.63, 3.8) is 0 Å². The second-order valence-corrected chi connectivity index (χ2v) is 7.76. The lowest BCUT2D eigenvalue weighted by molar-refractivity contribution is 0.477. The molecular formula is C22H17BrFN3. The predicted molar refractivity (Wildman–Crippen MR) is 109 cm³/mol. The fraction of sp³-hybridized carbons (Fsp3) is 0.136. The number of benzene rings is 3. The molecule has 1 aliphatic heterocycles. The first-order valence-electron chi connectivity index (χ1n) is 8.93. The summed E-state index contributed by atoms with van der Waals surface area (Å²) in [5.41, 5.74) is 4.39. The predicted octanol–water partition coefficient (Wildman–Crippen LogP) is 6.08. The van der Waals surface area contributed by atoms with Crippen molar-refractivity contribution in [2.45, 2.75) is 18.5 Å². The number of nitrogens with zero attached hydrogens (tertiary/aromatic N) is 2. The fourth-order valence-corrected chi connectivity index (χ4v) is 4.15. The normalized spacial score (nSPS) is 18.9. The maximum absolute atomic E-state index is 13.4. The molecule has 134 valence electrons. The SMILES string of the molecule is Fc1ccc([C@@H]2C[C@H](c3ccc(Br)cc3)n3c(nc4ccccc43)N2)cc1. The Balaban J connectivity index is 1.65. The number of rotatable bonds is 2. The molecule has 3 nitrogen and oxygen atoms in total. The van der Waals surface area contributed by atoms with Crippen LogP contribution in [0.2, 0.25) is 0 Å². The quantitative estimate of drug-likeness (QED) is 0.424. The van der Waals surface area contributed by atoms with Crippen LogP contribution in [0.25, 0.3) is 11.0 Å². The van der Waals surface area contributed by atoms with E-state index >= 15 is 0 Å². The minimum absolute atomic E-state index is 0.0727. The summed E-state index contributed by atoms with van der Waals surface area (Å²) < 4.78 is 16.7. The zero-order chi connectivity index (χ0) is 18.4. The van der Waals surface area contributed by atoms with E-state index in [1.165, 1.54) is 17.7 Å². The van der Waals surface area contributed by atoms with Gasteiger partial charge in [-0.1, -0.05) is 52.3 Å². The molecule has 0 unspecified atom stereocenters. The van der Waals surface area contributed by atoms with E-state index in [-0.39, 0.29) is 17.9 Å². The first-order chi connectivity index (χ1) is 13.2. The van der Waals surface area contributed by atoms with Gasteiger partial charge in [-0.05, 0) is 53.9 Å². The highest BCUT2D eigenvalue weighted by Gasteiger charge is 2.30. The van der Waals surface area contributed by atoms with Crippen LogP contribution in [-0.4, -0.2) is 9.55 Å². The van der Waals surface area contributed by atoms with E-state index in [0.717, 1.165) is 33.4 Å². The molecule has 0 bridgehead atoms. The molecule has 0 radical (unpaired) electrons. The zero-order valence-corrected chi connectivity index (χ0v) is 16.0. The van der Waals surface area contributed by atoms with E-state index in [9.17, 15) is 4.39 Å². The summed E-state index contributed by atoms with van der Waals surface area (Å²) in [6, 6.07) is 23.6. The Hall–Kier alpha value is -2.66.